The molecule has 0 amide bonds. The van der Waals surface area contributed by atoms with Gasteiger partial charge in [0.2, 0.25) is 0 Å². The van der Waals surface area contributed by atoms with Gasteiger partial charge in [-0.3, -0.25) is 4.79 Å². The Morgan fingerprint density at radius 3 is 2.43 bits per heavy atom. The smallest absolute Gasteiger partial charge is 0.185 e. The highest BCUT2D eigenvalue weighted by Gasteiger charge is 2.00. The lowest BCUT2D eigenvalue weighted by Gasteiger charge is -2.05. The van der Waals surface area contributed by atoms with Crippen molar-refractivity contribution in [3.63, 3.8) is 0 Å². The van der Waals surface area contributed by atoms with E-state index in [1.165, 1.54) is 44.1 Å². The molecule has 0 bridgehead atoms. The van der Waals surface area contributed by atoms with Crippen LogP contribution in [0.4, 0.5) is 0 Å². The van der Waals surface area contributed by atoms with Crippen molar-refractivity contribution in [1.29, 1.82) is 0 Å². The topological polar surface area (TPSA) is 34.9 Å². The van der Waals surface area contributed by atoms with E-state index in [-0.39, 0.29) is 0 Å². The maximum Gasteiger partial charge on any atom is 0.185 e. The highest BCUT2D eigenvalue weighted by atomic mass is 16.1. The zero-order valence-electron chi connectivity index (χ0n) is 12.6. The summed E-state index contributed by atoms with van der Waals surface area (Å²) in [5, 5.41) is 0. The van der Waals surface area contributed by atoms with Crippen LogP contribution in [-0.4, -0.2) is 15.8 Å². The fraction of sp³-hybridized carbons (Fsp3) is 0.444. The first kappa shape index (κ1) is 15.5. The fourth-order valence-corrected chi connectivity index (χ4v) is 2.59. The van der Waals surface area contributed by atoms with Crippen LogP contribution < -0.4 is 0 Å². The summed E-state index contributed by atoms with van der Waals surface area (Å²) in [6.45, 7) is 0.901. The predicted octanol–water partition coefficient (Wildman–Crippen LogP) is 4.28. The third kappa shape index (κ3) is 5.54. The number of aryl methyl sites for hydroxylation is 2. The molecule has 0 aliphatic heterocycles. The number of carbonyl (C=O) groups is 1. The molecule has 0 spiro atoms. The number of aldehydes is 1. The number of hydrogen-bond acceptors (Lipinski definition) is 2. The highest BCUT2D eigenvalue weighted by molar-refractivity contribution is 5.69. The molecule has 2 rings (SSSR count). The molecule has 0 saturated heterocycles. The summed E-state index contributed by atoms with van der Waals surface area (Å²) >= 11 is 0. The predicted molar refractivity (Wildman–Crippen MR) is 85.5 cm³/mol. The van der Waals surface area contributed by atoms with E-state index < -0.39 is 0 Å². The molecule has 0 fully saturated rings. The van der Waals surface area contributed by atoms with E-state index in [4.69, 9.17) is 0 Å². The van der Waals surface area contributed by atoms with Gasteiger partial charge < -0.3 is 4.57 Å². The van der Waals surface area contributed by atoms with Gasteiger partial charge in [0.1, 0.15) is 0 Å². The molecular formula is C18H24N2O. The van der Waals surface area contributed by atoms with Crippen LogP contribution >= 0.6 is 0 Å². The Morgan fingerprint density at radius 1 is 0.952 bits per heavy atom. The summed E-state index contributed by atoms with van der Waals surface area (Å²) < 4.78 is 1.93. The van der Waals surface area contributed by atoms with Gasteiger partial charge in [-0.2, -0.15) is 0 Å². The van der Waals surface area contributed by atoms with Gasteiger partial charge in [-0.1, -0.05) is 56.0 Å². The van der Waals surface area contributed by atoms with Crippen molar-refractivity contribution >= 4 is 6.29 Å². The average Bonchev–Trinajstić information content (AvgIpc) is 2.98. The van der Waals surface area contributed by atoms with Gasteiger partial charge in [-0.25, -0.2) is 4.98 Å². The summed E-state index contributed by atoms with van der Waals surface area (Å²) in [6.07, 6.45) is 13.1. The SMILES string of the molecule is O=Cc1nccn1CCCCCCCCc1ccccc1. The Morgan fingerprint density at radius 2 is 1.67 bits per heavy atom. The number of hydrogen-bond donors (Lipinski definition) is 0. The molecule has 0 N–H and O–H groups in total. The van der Waals surface area contributed by atoms with Gasteiger partial charge in [-0.05, 0) is 24.8 Å². The Bertz CT molecular complexity index is 519. The zero-order valence-corrected chi connectivity index (χ0v) is 12.6. The average molecular weight is 284 g/mol. The molecule has 0 saturated carbocycles. The molecule has 2 aromatic rings. The van der Waals surface area contributed by atoms with Gasteiger partial charge in [-0.15, -0.1) is 0 Å². The Balaban J connectivity index is 1.48. The van der Waals surface area contributed by atoms with Crippen LogP contribution in [-0.2, 0) is 13.0 Å². The van der Waals surface area contributed by atoms with Gasteiger partial charge in [0.25, 0.3) is 0 Å². The molecule has 112 valence electrons. The van der Waals surface area contributed by atoms with E-state index >= 15 is 0 Å². The molecule has 0 unspecified atom stereocenters. The van der Waals surface area contributed by atoms with E-state index in [1.54, 1.807) is 6.20 Å². The van der Waals surface area contributed by atoms with Gasteiger partial charge >= 0.3 is 0 Å². The summed E-state index contributed by atoms with van der Waals surface area (Å²) in [7, 11) is 0. The normalized spacial score (nSPS) is 10.7. The minimum absolute atomic E-state index is 0.540. The maximum atomic E-state index is 10.7. The largest absolute Gasteiger partial charge is 0.329 e. The third-order valence-electron chi connectivity index (χ3n) is 3.81. The Hall–Kier alpha value is -1.90. The second-order valence-electron chi connectivity index (χ2n) is 5.45. The van der Waals surface area contributed by atoms with Gasteiger partial charge in [0.15, 0.2) is 12.1 Å². The van der Waals surface area contributed by atoms with Crippen LogP contribution in [0.3, 0.4) is 0 Å². The lowest BCUT2D eigenvalue weighted by atomic mass is 10.1. The number of benzene rings is 1. The molecule has 3 heteroatoms. The van der Waals surface area contributed by atoms with Crippen molar-refractivity contribution in [2.24, 2.45) is 0 Å². The number of imidazole rings is 1. The first-order chi connectivity index (χ1) is 10.4. The molecule has 0 atom stereocenters. The third-order valence-corrected chi connectivity index (χ3v) is 3.81. The van der Waals surface area contributed by atoms with E-state index in [0.29, 0.717) is 5.82 Å². The van der Waals surface area contributed by atoms with Crippen LogP contribution in [0.25, 0.3) is 0 Å². The first-order valence-electron chi connectivity index (χ1n) is 7.90. The highest BCUT2D eigenvalue weighted by Crippen LogP contribution is 2.10. The number of carbonyl (C=O) groups excluding carboxylic acids is 1. The first-order valence-corrected chi connectivity index (χ1v) is 7.90. The van der Waals surface area contributed by atoms with Crippen molar-refractivity contribution in [1.82, 2.24) is 9.55 Å². The minimum atomic E-state index is 0.540. The molecule has 1 heterocycles. The van der Waals surface area contributed by atoms with E-state index in [0.717, 1.165) is 19.3 Å². The zero-order chi connectivity index (χ0) is 14.8. The number of aromatic nitrogens is 2. The summed E-state index contributed by atoms with van der Waals surface area (Å²) in [4.78, 5) is 14.7. The van der Waals surface area contributed by atoms with Crippen molar-refractivity contribution in [3.05, 3.63) is 54.1 Å². The molecule has 1 aromatic carbocycles. The second kappa shape index (κ2) is 9.11. The molecule has 3 nitrogen and oxygen atoms in total. The molecular weight excluding hydrogens is 260 g/mol. The van der Waals surface area contributed by atoms with Crippen LogP contribution in [0.15, 0.2) is 42.7 Å². The molecule has 0 aliphatic carbocycles. The van der Waals surface area contributed by atoms with Gasteiger partial charge in [0, 0.05) is 18.9 Å². The summed E-state index contributed by atoms with van der Waals surface area (Å²) in [5.41, 5.74) is 1.44. The fourth-order valence-electron chi connectivity index (χ4n) is 2.59. The van der Waals surface area contributed by atoms with Crippen molar-refractivity contribution < 1.29 is 4.79 Å². The van der Waals surface area contributed by atoms with E-state index in [9.17, 15) is 4.79 Å². The maximum absolute atomic E-state index is 10.7. The molecule has 0 radical (unpaired) electrons. The van der Waals surface area contributed by atoms with Crippen molar-refractivity contribution in [2.75, 3.05) is 0 Å². The molecule has 0 aliphatic rings. The Labute approximate surface area is 127 Å². The minimum Gasteiger partial charge on any atom is -0.329 e. The van der Waals surface area contributed by atoms with Crippen molar-refractivity contribution in [3.8, 4) is 0 Å². The molecule has 21 heavy (non-hydrogen) atoms. The summed E-state index contributed by atoms with van der Waals surface area (Å²) in [6, 6.07) is 10.7. The van der Waals surface area contributed by atoms with E-state index in [1.807, 2.05) is 10.8 Å². The van der Waals surface area contributed by atoms with Gasteiger partial charge in [0.05, 0.1) is 0 Å². The standard InChI is InChI=1S/C18H24N2O/c21-16-18-19-13-15-20(18)14-9-4-2-1-3-6-10-17-11-7-5-8-12-17/h5,7-8,11-13,15-16H,1-4,6,9-10,14H2. The monoisotopic (exact) mass is 284 g/mol. The quantitative estimate of drug-likeness (QED) is 0.482. The summed E-state index contributed by atoms with van der Waals surface area (Å²) in [5.74, 6) is 0.540. The van der Waals surface area contributed by atoms with Crippen LogP contribution in [0.2, 0.25) is 0 Å². The van der Waals surface area contributed by atoms with Crippen LogP contribution in [0.1, 0.15) is 54.7 Å². The van der Waals surface area contributed by atoms with E-state index in [2.05, 4.69) is 35.3 Å². The lowest BCUT2D eigenvalue weighted by Crippen LogP contribution is -2.01. The second-order valence-corrected chi connectivity index (χ2v) is 5.45. The van der Waals surface area contributed by atoms with Crippen LogP contribution in [0, 0.1) is 0 Å². The molecule has 1 aromatic heterocycles. The Kier molecular flexibility index (Phi) is 6.72. The number of unbranched alkanes of at least 4 members (excludes halogenated alkanes) is 5. The number of rotatable bonds is 10. The lowest BCUT2D eigenvalue weighted by molar-refractivity contribution is 0.111. The van der Waals surface area contributed by atoms with Crippen molar-refractivity contribution in [2.45, 2.75) is 51.5 Å². The van der Waals surface area contributed by atoms with Crippen LogP contribution in [0.5, 0.6) is 0 Å². The number of nitrogens with zero attached hydrogens (tertiary/aromatic N) is 2.